The van der Waals surface area contributed by atoms with Crippen LogP contribution in [0.2, 0.25) is 15.1 Å². The third kappa shape index (κ3) is 4.65. The Kier molecular flexibility index (Phi) is 6.11. The number of hydrogen-bond acceptors (Lipinski definition) is 5. The zero-order chi connectivity index (χ0) is 19.6. The molecule has 0 saturated carbocycles. The van der Waals surface area contributed by atoms with Gasteiger partial charge in [0, 0.05) is 16.3 Å². The number of nitrogens with zero attached hydrogens (tertiary/aromatic N) is 3. The molecule has 11 heteroatoms. The standard InChI is InChI=1S/C16H11Cl3FN5OS/c17-8-1-3-11(18)10(5-8)15-23-24-16(25(15)21)27-7-14(26)22-9-2-4-13(20)12(19)6-9/h1-6H,7,21H2,(H,22,26). The quantitative estimate of drug-likeness (QED) is 0.445. The first-order chi connectivity index (χ1) is 12.8. The molecule has 1 amide bonds. The van der Waals surface area contributed by atoms with Gasteiger partial charge in [0.1, 0.15) is 5.82 Å². The zero-order valence-corrected chi connectivity index (χ0v) is 16.5. The van der Waals surface area contributed by atoms with Gasteiger partial charge >= 0.3 is 0 Å². The van der Waals surface area contributed by atoms with Crippen LogP contribution in [0, 0.1) is 5.82 Å². The summed E-state index contributed by atoms with van der Waals surface area (Å²) in [5, 5.41) is 11.7. The van der Waals surface area contributed by atoms with E-state index in [9.17, 15) is 9.18 Å². The smallest absolute Gasteiger partial charge is 0.234 e. The molecule has 27 heavy (non-hydrogen) atoms. The Morgan fingerprint density at radius 1 is 1.15 bits per heavy atom. The van der Waals surface area contributed by atoms with E-state index in [0.717, 1.165) is 11.8 Å². The third-order valence-corrected chi connectivity index (χ3v) is 5.17. The van der Waals surface area contributed by atoms with Gasteiger partial charge in [0.2, 0.25) is 11.1 Å². The van der Waals surface area contributed by atoms with Gasteiger partial charge in [-0.1, -0.05) is 46.6 Å². The Bertz CT molecular complexity index is 1010. The van der Waals surface area contributed by atoms with Gasteiger partial charge in [0.25, 0.3) is 0 Å². The molecule has 3 rings (SSSR count). The van der Waals surface area contributed by atoms with E-state index in [1.165, 1.54) is 22.9 Å². The number of aromatic nitrogens is 3. The van der Waals surface area contributed by atoms with Crippen LogP contribution in [0.5, 0.6) is 0 Å². The minimum absolute atomic E-state index is 0.00755. The summed E-state index contributed by atoms with van der Waals surface area (Å²) in [7, 11) is 0. The Hall–Kier alpha value is -2.00. The maximum atomic E-state index is 13.1. The van der Waals surface area contributed by atoms with Crippen molar-refractivity contribution in [2.45, 2.75) is 5.16 Å². The number of rotatable bonds is 5. The number of hydrogen-bond donors (Lipinski definition) is 2. The molecule has 0 aliphatic rings. The van der Waals surface area contributed by atoms with E-state index >= 15 is 0 Å². The number of benzene rings is 2. The number of nitrogens with two attached hydrogens (primary N) is 1. The van der Waals surface area contributed by atoms with E-state index in [4.69, 9.17) is 40.6 Å². The monoisotopic (exact) mass is 445 g/mol. The molecule has 0 spiro atoms. The summed E-state index contributed by atoms with van der Waals surface area (Å²) in [5.74, 6) is 5.43. The molecule has 0 aliphatic heterocycles. The van der Waals surface area contributed by atoms with E-state index in [0.29, 0.717) is 32.3 Å². The molecule has 2 aromatic carbocycles. The first-order valence-corrected chi connectivity index (χ1v) is 9.50. The molecule has 1 aromatic heterocycles. The summed E-state index contributed by atoms with van der Waals surface area (Å²) in [6, 6.07) is 8.80. The Morgan fingerprint density at radius 3 is 2.67 bits per heavy atom. The minimum atomic E-state index is -0.563. The zero-order valence-electron chi connectivity index (χ0n) is 13.4. The van der Waals surface area contributed by atoms with E-state index < -0.39 is 5.82 Å². The molecule has 1 heterocycles. The first kappa shape index (κ1) is 19.8. The molecule has 0 fully saturated rings. The predicted molar refractivity (Wildman–Crippen MR) is 106 cm³/mol. The lowest BCUT2D eigenvalue weighted by molar-refractivity contribution is -0.113. The second-order valence-corrected chi connectivity index (χ2v) is 7.46. The molecule has 140 valence electrons. The van der Waals surface area contributed by atoms with Gasteiger partial charge in [-0.25, -0.2) is 9.07 Å². The number of amides is 1. The van der Waals surface area contributed by atoms with Crippen molar-refractivity contribution < 1.29 is 9.18 Å². The van der Waals surface area contributed by atoms with Crippen molar-refractivity contribution in [3.8, 4) is 11.4 Å². The summed E-state index contributed by atoms with van der Waals surface area (Å²) < 4.78 is 14.4. The molecule has 0 aliphatic carbocycles. The Balaban J connectivity index is 1.68. The fourth-order valence-corrected chi connectivity index (χ4v) is 3.34. The molecule has 3 N–H and O–H groups in total. The highest BCUT2D eigenvalue weighted by Crippen LogP contribution is 2.30. The van der Waals surface area contributed by atoms with E-state index in [1.807, 2.05) is 0 Å². The average molecular weight is 447 g/mol. The average Bonchev–Trinajstić information content (AvgIpc) is 2.99. The summed E-state index contributed by atoms with van der Waals surface area (Å²) in [6.45, 7) is 0. The summed E-state index contributed by atoms with van der Waals surface area (Å²) >= 11 is 18.9. The number of halogens is 4. The second-order valence-electron chi connectivity index (χ2n) is 5.27. The molecule has 3 aromatic rings. The number of thioether (sulfide) groups is 1. The molecule has 0 atom stereocenters. The maximum Gasteiger partial charge on any atom is 0.234 e. The van der Waals surface area contributed by atoms with Crippen LogP contribution in [0.1, 0.15) is 0 Å². The van der Waals surface area contributed by atoms with E-state index in [-0.39, 0.29) is 16.7 Å². The number of nitrogen functional groups attached to an aromatic ring is 1. The number of anilines is 1. The predicted octanol–water partition coefficient (Wildman–Crippen LogP) is 4.49. The van der Waals surface area contributed by atoms with Crippen LogP contribution in [-0.4, -0.2) is 26.5 Å². The number of carbonyl (C=O) groups is 1. The fraction of sp³-hybridized carbons (Fsp3) is 0.0625. The van der Waals surface area contributed by atoms with Crippen LogP contribution in [0.4, 0.5) is 10.1 Å². The van der Waals surface area contributed by atoms with Gasteiger partial charge in [-0.15, -0.1) is 10.2 Å². The van der Waals surface area contributed by atoms with Crippen molar-refractivity contribution in [2.24, 2.45) is 0 Å². The van der Waals surface area contributed by atoms with Crippen molar-refractivity contribution in [3.05, 3.63) is 57.3 Å². The first-order valence-electron chi connectivity index (χ1n) is 7.39. The summed E-state index contributed by atoms with van der Waals surface area (Å²) in [5.41, 5.74) is 0.907. The van der Waals surface area contributed by atoms with Gasteiger partial charge in [-0.2, -0.15) is 0 Å². The highest BCUT2D eigenvalue weighted by molar-refractivity contribution is 7.99. The lowest BCUT2D eigenvalue weighted by atomic mass is 10.2. The maximum absolute atomic E-state index is 13.1. The highest BCUT2D eigenvalue weighted by atomic mass is 35.5. The van der Waals surface area contributed by atoms with E-state index in [1.54, 1.807) is 18.2 Å². The van der Waals surface area contributed by atoms with Crippen LogP contribution in [0.3, 0.4) is 0 Å². The lowest BCUT2D eigenvalue weighted by Gasteiger charge is -2.07. The van der Waals surface area contributed by atoms with Gasteiger partial charge in [-0.3, -0.25) is 4.79 Å². The molecular weight excluding hydrogens is 436 g/mol. The fourth-order valence-electron chi connectivity index (χ4n) is 2.13. The van der Waals surface area contributed by atoms with Gasteiger partial charge in [0.05, 0.1) is 15.8 Å². The van der Waals surface area contributed by atoms with Crippen molar-refractivity contribution >= 4 is 58.2 Å². The topological polar surface area (TPSA) is 85.8 Å². The third-order valence-electron chi connectivity index (χ3n) is 3.37. The molecular formula is C16H11Cl3FN5OS. The summed E-state index contributed by atoms with van der Waals surface area (Å²) in [4.78, 5) is 12.1. The minimum Gasteiger partial charge on any atom is -0.335 e. The normalized spacial score (nSPS) is 10.8. The Labute approximate surface area is 172 Å². The second kappa shape index (κ2) is 8.35. The summed E-state index contributed by atoms with van der Waals surface area (Å²) in [6.07, 6.45) is 0. The van der Waals surface area contributed by atoms with Gasteiger partial charge < -0.3 is 11.2 Å². The number of carbonyl (C=O) groups excluding carboxylic acids is 1. The van der Waals surface area contributed by atoms with Crippen molar-refractivity contribution in [1.29, 1.82) is 0 Å². The van der Waals surface area contributed by atoms with Crippen LogP contribution in [0.25, 0.3) is 11.4 Å². The highest BCUT2D eigenvalue weighted by Gasteiger charge is 2.16. The van der Waals surface area contributed by atoms with E-state index in [2.05, 4.69) is 15.5 Å². The molecule has 0 radical (unpaired) electrons. The Morgan fingerprint density at radius 2 is 1.93 bits per heavy atom. The van der Waals surface area contributed by atoms with Gasteiger partial charge in [-0.05, 0) is 36.4 Å². The molecule has 0 saturated heterocycles. The lowest BCUT2D eigenvalue weighted by Crippen LogP contribution is -2.16. The van der Waals surface area contributed by atoms with Gasteiger partial charge in [0.15, 0.2) is 5.82 Å². The van der Waals surface area contributed by atoms with Crippen molar-refractivity contribution in [2.75, 3.05) is 16.9 Å². The van der Waals surface area contributed by atoms with Crippen LogP contribution in [-0.2, 0) is 4.79 Å². The van der Waals surface area contributed by atoms with Crippen LogP contribution >= 0.6 is 46.6 Å². The largest absolute Gasteiger partial charge is 0.335 e. The van der Waals surface area contributed by atoms with Crippen molar-refractivity contribution in [1.82, 2.24) is 14.9 Å². The van der Waals surface area contributed by atoms with Crippen LogP contribution in [0.15, 0.2) is 41.6 Å². The molecule has 6 nitrogen and oxygen atoms in total. The van der Waals surface area contributed by atoms with Crippen LogP contribution < -0.4 is 11.2 Å². The number of nitrogens with one attached hydrogen (secondary N) is 1. The molecule has 0 unspecified atom stereocenters. The van der Waals surface area contributed by atoms with Crippen molar-refractivity contribution in [3.63, 3.8) is 0 Å². The SMILES string of the molecule is Nn1c(SCC(=O)Nc2ccc(F)c(Cl)c2)nnc1-c1cc(Cl)ccc1Cl. The molecule has 0 bridgehead atoms.